The van der Waals surface area contributed by atoms with Crippen molar-refractivity contribution in [1.29, 1.82) is 0 Å². The molecular formula is C24H29N3O4S2. The molecule has 0 radical (unpaired) electrons. The number of thioether (sulfide) groups is 1. The normalized spacial score (nSPS) is 18.6. The lowest BCUT2D eigenvalue weighted by Gasteiger charge is -2.35. The van der Waals surface area contributed by atoms with E-state index < -0.39 is 0 Å². The van der Waals surface area contributed by atoms with Crippen LogP contribution in [-0.4, -0.2) is 58.5 Å². The van der Waals surface area contributed by atoms with Gasteiger partial charge in [0.2, 0.25) is 5.91 Å². The van der Waals surface area contributed by atoms with Crippen LogP contribution in [0.15, 0.2) is 34.2 Å². The number of ether oxygens (including phenoxy) is 2. The number of nitrogens with zero attached hydrogens (tertiary/aromatic N) is 3. The third kappa shape index (κ3) is 4.81. The van der Waals surface area contributed by atoms with Crippen LogP contribution in [0.5, 0.6) is 5.75 Å². The molecular weight excluding hydrogens is 458 g/mol. The molecule has 2 aromatic heterocycles. The van der Waals surface area contributed by atoms with Crippen LogP contribution in [-0.2, 0) is 16.0 Å². The quantitative estimate of drug-likeness (QED) is 0.386. The number of aromatic nitrogens is 2. The molecule has 1 aliphatic heterocycles. The van der Waals surface area contributed by atoms with Gasteiger partial charge in [0, 0.05) is 24.0 Å². The van der Waals surface area contributed by atoms with E-state index >= 15 is 0 Å². The Bertz CT molecular complexity index is 1230. The van der Waals surface area contributed by atoms with Gasteiger partial charge in [0.1, 0.15) is 10.6 Å². The number of hydrogen-bond acceptors (Lipinski definition) is 7. The second kappa shape index (κ2) is 9.87. The number of thiophene rings is 1. The van der Waals surface area contributed by atoms with E-state index in [1.165, 1.54) is 11.8 Å². The van der Waals surface area contributed by atoms with Gasteiger partial charge in [0.25, 0.3) is 5.56 Å². The minimum atomic E-state index is -0.120. The van der Waals surface area contributed by atoms with Crippen LogP contribution in [0, 0.1) is 6.92 Å². The number of benzene rings is 1. The van der Waals surface area contributed by atoms with Crippen molar-refractivity contribution in [2.45, 2.75) is 51.5 Å². The van der Waals surface area contributed by atoms with Crippen LogP contribution < -0.4 is 10.3 Å². The van der Waals surface area contributed by atoms with Gasteiger partial charge in [-0.3, -0.25) is 14.2 Å². The molecule has 7 nitrogen and oxygen atoms in total. The van der Waals surface area contributed by atoms with Crippen molar-refractivity contribution < 1.29 is 14.3 Å². The van der Waals surface area contributed by atoms with E-state index in [-0.39, 0.29) is 29.4 Å². The lowest BCUT2D eigenvalue weighted by molar-refractivity contribution is -0.140. The van der Waals surface area contributed by atoms with Crippen LogP contribution in [0.3, 0.4) is 0 Å². The first-order valence-electron chi connectivity index (χ1n) is 11.1. The highest BCUT2D eigenvalue weighted by atomic mass is 32.2. The maximum absolute atomic E-state index is 13.7. The maximum Gasteiger partial charge on any atom is 0.267 e. The second-order valence-corrected chi connectivity index (χ2v) is 10.3. The summed E-state index contributed by atoms with van der Waals surface area (Å²) in [5, 5.41) is 1.15. The first-order valence-corrected chi connectivity index (χ1v) is 12.9. The number of amides is 1. The fourth-order valence-corrected chi connectivity index (χ4v) is 6.29. The molecule has 0 N–H and O–H groups in total. The molecule has 0 saturated carbocycles. The van der Waals surface area contributed by atoms with E-state index in [2.05, 4.69) is 6.92 Å². The third-order valence-corrected chi connectivity index (χ3v) is 8.02. The molecule has 0 spiro atoms. The zero-order valence-electron chi connectivity index (χ0n) is 19.6. The fourth-order valence-electron chi connectivity index (χ4n) is 4.22. The Hall–Kier alpha value is -2.36. The minimum Gasteiger partial charge on any atom is -0.497 e. The van der Waals surface area contributed by atoms with Crippen molar-refractivity contribution in [2.75, 3.05) is 26.0 Å². The third-order valence-electron chi connectivity index (χ3n) is 5.76. The number of rotatable bonds is 6. The van der Waals surface area contributed by atoms with Crippen molar-refractivity contribution in [2.24, 2.45) is 0 Å². The standard InChI is InChI=1S/C24H29N3O4S2/c1-6-19-16(4)21-22(33-19)25-24(27(23(21)29)17-8-7-9-18(10-17)30-5)32-13-20(28)26-11-14(2)31-15(3)12-26/h7-10,14-15H,6,11-13H2,1-5H3/t14-,15+. The number of hydrogen-bond donors (Lipinski definition) is 0. The van der Waals surface area contributed by atoms with Crippen LogP contribution in [0.25, 0.3) is 15.9 Å². The van der Waals surface area contributed by atoms with Crippen LogP contribution in [0.1, 0.15) is 31.2 Å². The summed E-state index contributed by atoms with van der Waals surface area (Å²) in [6.45, 7) is 9.16. The summed E-state index contributed by atoms with van der Waals surface area (Å²) in [4.78, 5) is 35.2. The highest BCUT2D eigenvalue weighted by Crippen LogP contribution is 2.31. The SMILES string of the molecule is CCc1sc2nc(SCC(=O)N3C[C@@H](C)O[C@@H](C)C3)n(-c3cccc(OC)c3)c(=O)c2c1C. The highest BCUT2D eigenvalue weighted by Gasteiger charge is 2.27. The maximum atomic E-state index is 13.7. The van der Waals surface area contributed by atoms with Crippen LogP contribution in [0.2, 0.25) is 0 Å². The number of fused-ring (bicyclic) bond motifs is 1. The average Bonchev–Trinajstić information content (AvgIpc) is 3.12. The number of aryl methyl sites for hydroxylation is 2. The Morgan fingerprint density at radius 3 is 2.70 bits per heavy atom. The van der Waals surface area contributed by atoms with Gasteiger partial charge in [-0.15, -0.1) is 11.3 Å². The molecule has 1 fully saturated rings. The summed E-state index contributed by atoms with van der Waals surface area (Å²) in [5.74, 6) is 0.871. The van der Waals surface area contributed by atoms with Gasteiger partial charge in [-0.25, -0.2) is 4.98 Å². The number of morpholine rings is 1. The first-order chi connectivity index (χ1) is 15.8. The zero-order chi connectivity index (χ0) is 23.7. The first kappa shape index (κ1) is 23.8. The minimum absolute atomic E-state index is 0.00805. The molecule has 3 aromatic rings. The Balaban J connectivity index is 1.74. The predicted octanol–water partition coefficient (Wildman–Crippen LogP) is 4.05. The molecule has 176 valence electrons. The summed E-state index contributed by atoms with van der Waals surface area (Å²) >= 11 is 2.85. The predicted molar refractivity (Wildman–Crippen MR) is 133 cm³/mol. The monoisotopic (exact) mass is 487 g/mol. The van der Waals surface area contributed by atoms with E-state index in [1.54, 1.807) is 23.0 Å². The molecule has 1 aliphatic rings. The molecule has 3 heterocycles. The van der Waals surface area contributed by atoms with Gasteiger partial charge >= 0.3 is 0 Å². The van der Waals surface area contributed by atoms with Gasteiger partial charge in [-0.1, -0.05) is 24.8 Å². The molecule has 9 heteroatoms. The van der Waals surface area contributed by atoms with E-state index in [1.807, 2.05) is 49.9 Å². The molecule has 1 saturated heterocycles. The molecule has 1 amide bonds. The Morgan fingerprint density at radius 2 is 2.03 bits per heavy atom. The Labute approximate surface area is 201 Å². The lowest BCUT2D eigenvalue weighted by atomic mass is 10.2. The summed E-state index contributed by atoms with van der Waals surface area (Å²) in [5.41, 5.74) is 1.53. The zero-order valence-corrected chi connectivity index (χ0v) is 21.2. The Morgan fingerprint density at radius 1 is 1.30 bits per heavy atom. The molecule has 0 bridgehead atoms. The van der Waals surface area contributed by atoms with Crippen molar-refractivity contribution >= 4 is 39.2 Å². The summed E-state index contributed by atoms with van der Waals surface area (Å²) < 4.78 is 12.7. The fraction of sp³-hybridized carbons (Fsp3) is 0.458. The molecule has 1 aromatic carbocycles. The van der Waals surface area contributed by atoms with E-state index in [4.69, 9.17) is 14.5 Å². The number of carbonyl (C=O) groups is 1. The van der Waals surface area contributed by atoms with Crippen molar-refractivity contribution in [1.82, 2.24) is 14.5 Å². The van der Waals surface area contributed by atoms with E-state index in [9.17, 15) is 9.59 Å². The van der Waals surface area contributed by atoms with E-state index in [0.29, 0.717) is 35.1 Å². The van der Waals surface area contributed by atoms with Crippen molar-refractivity contribution in [3.05, 3.63) is 45.1 Å². The van der Waals surface area contributed by atoms with Crippen LogP contribution in [0.4, 0.5) is 0 Å². The van der Waals surface area contributed by atoms with Gasteiger partial charge in [0.05, 0.1) is 36.1 Å². The van der Waals surface area contributed by atoms with Gasteiger partial charge < -0.3 is 14.4 Å². The number of carbonyl (C=O) groups excluding carboxylic acids is 1. The molecule has 4 rings (SSSR count). The van der Waals surface area contributed by atoms with Gasteiger partial charge in [-0.2, -0.15) is 0 Å². The highest BCUT2D eigenvalue weighted by molar-refractivity contribution is 7.99. The molecule has 0 aliphatic carbocycles. The molecule has 2 atom stereocenters. The van der Waals surface area contributed by atoms with Gasteiger partial charge in [0.15, 0.2) is 5.16 Å². The molecule has 33 heavy (non-hydrogen) atoms. The smallest absolute Gasteiger partial charge is 0.267 e. The second-order valence-electron chi connectivity index (χ2n) is 8.27. The van der Waals surface area contributed by atoms with Crippen LogP contribution >= 0.6 is 23.1 Å². The average molecular weight is 488 g/mol. The van der Waals surface area contributed by atoms with Gasteiger partial charge in [-0.05, 0) is 44.9 Å². The lowest BCUT2D eigenvalue weighted by Crippen LogP contribution is -2.48. The molecule has 0 unspecified atom stereocenters. The summed E-state index contributed by atoms with van der Waals surface area (Å²) in [6.07, 6.45) is 0.863. The van der Waals surface area contributed by atoms with Crippen molar-refractivity contribution in [3.63, 3.8) is 0 Å². The largest absolute Gasteiger partial charge is 0.497 e. The van der Waals surface area contributed by atoms with E-state index in [0.717, 1.165) is 21.7 Å². The van der Waals surface area contributed by atoms with Crippen molar-refractivity contribution in [3.8, 4) is 11.4 Å². The Kier molecular flexibility index (Phi) is 7.11. The summed E-state index contributed by atoms with van der Waals surface area (Å²) in [7, 11) is 1.60. The number of methoxy groups -OCH3 is 1. The topological polar surface area (TPSA) is 73.7 Å². The summed E-state index contributed by atoms with van der Waals surface area (Å²) in [6, 6.07) is 7.35.